The summed E-state index contributed by atoms with van der Waals surface area (Å²) in [6.45, 7) is 8.00. The van der Waals surface area contributed by atoms with Crippen molar-refractivity contribution in [2.75, 3.05) is 0 Å². The maximum absolute atomic E-state index is 12.2. The van der Waals surface area contributed by atoms with Crippen LogP contribution in [0.5, 0.6) is 5.75 Å². The number of nitrogens with zero attached hydrogens (tertiary/aromatic N) is 2. The summed E-state index contributed by atoms with van der Waals surface area (Å²) < 4.78 is 2.03. The van der Waals surface area contributed by atoms with Crippen molar-refractivity contribution < 1.29 is 15.0 Å². The van der Waals surface area contributed by atoms with E-state index >= 15 is 0 Å². The van der Waals surface area contributed by atoms with Crippen LogP contribution in [0.2, 0.25) is 0 Å². The van der Waals surface area contributed by atoms with E-state index in [2.05, 4.69) is 4.98 Å². The van der Waals surface area contributed by atoms with Crippen molar-refractivity contribution in [1.29, 1.82) is 0 Å². The number of carboxylic acid groups (broad SMARTS) is 1. The molecule has 0 amide bonds. The minimum absolute atomic E-state index is 0.158. The molecule has 0 saturated carbocycles. The zero-order chi connectivity index (χ0) is 18.9. The lowest BCUT2D eigenvalue weighted by molar-refractivity contribution is 0.0691. The van der Waals surface area contributed by atoms with E-state index in [9.17, 15) is 19.8 Å². The van der Waals surface area contributed by atoms with Gasteiger partial charge in [-0.1, -0.05) is 6.92 Å². The van der Waals surface area contributed by atoms with Crippen molar-refractivity contribution >= 4 is 11.6 Å². The zero-order valence-corrected chi connectivity index (χ0v) is 15.0. The van der Waals surface area contributed by atoms with Crippen LogP contribution in [0.1, 0.15) is 51.1 Å². The molecule has 1 atom stereocenters. The van der Waals surface area contributed by atoms with Crippen molar-refractivity contribution in [3.05, 3.63) is 50.1 Å². The minimum Gasteiger partial charge on any atom is -0.506 e. The second-order valence-corrected chi connectivity index (χ2v) is 7.04. The second-order valence-electron chi connectivity index (χ2n) is 7.04. The molecule has 1 aliphatic rings. The van der Waals surface area contributed by atoms with Gasteiger partial charge in [0.2, 0.25) is 0 Å². The molecular formula is C19H19N3O4. The molecule has 4 rings (SSSR count). The van der Waals surface area contributed by atoms with Crippen LogP contribution < -0.4 is 5.56 Å². The molecule has 3 heterocycles. The van der Waals surface area contributed by atoms with Crippen LogP contribution in [0.4, 0.5) is 0 Å². The maximum atomic E-state index is 12.2. The number of pyridine rings is 2. The van der Waals surface area contributed by atoms with Crippen LogP contribution in [-0.4, -0.2) is 30.6 Å². The Morgan fingerprint density at radius 1 is 1.31 bits per heavy atom. The van der Waals surface area contributed by atoms with E-state index in [0.29, 0.717) is 23.4 Å². The minimum atomic E-state index is -1.44. The Morgan fingerprint density at radius 3 is 2.65 bits per heavy atom. The van der Waals surface area contributed by atoms with E-state index in [0.717, 1.165) is 28.0 Å². The molecule has 3 aromatic rings. The van der Waals surface area contributed by atoms with Crippen LogP contribution >= 0.6 is 0 Å². The predicted molar refractivity (Wildman–Crippen MR) is 96.2 cm³/mol. The largest absolute Gasteiger partial charge is 0.506 e. The zero-order valence-electron chi connectivity index (χ0n) is 15.0. The van der Waals surface area contributed by atoms with Gasteiger partial charge in [-0.25, -0.2) is 9.78 Å². The van der Waals surface area contributed by atoms with Gasteiger partial charge in [0.25, 0.3) is 5.56 Å². The molecule has 0 fully saturated rings. The number of aryl methyl sites for hydroxylation is 2. The number of carboxylic acids is 1. The number of imidazole rings is 1. The van der Waals surface area contributed by atoms with Gasteiger partial charge in [-0.2, -0.15) is 0 Å². The lowest BCUT2D eigenvalue weighted by Gasteiger charge is -2.23. The molecule has 0 radical (unpaired) electrons. The van der Waals surface area contributed by atoms with E-state index in [1.807, 2.05) is 38.3 Å². The Balaban J connectivity index is 2.13. The Morgan fingerprint density at radius 2 is 2.00 bits per heavy atom. The molecule has 0 spiro atoms. The van der Waals surface area contributed by atoms with Crippen LogP contribution in [0.15, 0.2) is 11.0 Å². The van der Waals surface area contributed by atoms with Crippen LogP contribution in [-0.2, 0) is 6.42 Å². The molecule has 26 heavy (non-hydrogen) atoms. The Bertz CT molecular complexity index is 1170. The van der Waals surface area contributed by atoms with Crippen molar-refractivity contribution in [3.8, 4) is 17.1 Å². The molecule has 134 valence electrons. The molecule has 7 nitrogen and oxygen atoms in total. The van der Waals surface area contributed by atoms with Crippen LogP contribution in [0.3, 0.4) is 0 Å². The molecule has 3 N–H and O–H groups in total. The smallest absolute Gasteiger partial charge is 0.345 e. The molecule has 0 aromatic carbocycles. The number of fused-ring (bicyclic) bond motifs is 5. The SMILES string of the molecule is Cc1cn2c3c(nc2c(C)c1C)-c1[nH]c(=O)c(C(=O)O)c(O)c1C(C)C3. The van der Waals surface area contributed by atoms with Gasteiger partial charge in [-0.05, 0) is 49.8 Å². The van der Waals surface area contributed by atoms with E-state index in [1.165, 1.54) is 0 Å². The van der Waals surface area contributed by atoms with Crippen molar-refractivity contribution in [1.82, 2.24) is 14.4 Å². The number of hydrogen-bond donors (Lipinski definition) is 3. The molecule has 1 unspecified atom stereocenters. The Hall–Kier alpha value is -3.09. The van der Waals surface area contributed by atoms with Crippen molar-refractivity contribution in [2.24, 2.45) is 0 Å². The summed E-state index contributed by atoms with van der Waals surface area (Å²) in [4.78, 5) is 30.9. The van der Waals surface area contributed by atoms with Gasteiger partial charge in [0.15, 0.2) is 5.56 Å². The maximum Gasteiger partial charge on any atom is 0.345 e. The number of nitrogens with one attached hydrogen (secondary N) is 1. The Labute approximate surface area is 149 Å². The fraction of sp³-hybridized carbons (Fsp3) is 0.316. The number of hydrogen-bond acceptors (Lipinski definition) is 4. The number of aromatic amines is 1. The van der Waals surface area contributed by atoms with Crippen molar-refractivity contribution in [3.63, 3.8) is 0 Å². The van der Waals surface area contributed by atoms with Crippen LogP contribution in [0, 0.1) is 20.8 Å². The van der Waals surface area contributed by atoms with Gasteiger partial charge >= 0.3 is 5.97 Å². The fourth-order valence-corrected chi connectivity index (χ4v) is 3.88. The highest BCUT2D eigenvalue weighted by molar-refractivity contribution is 5.92. The summed E-state index contributed by atoms with van der Waals surface area (Å²) in [6.07, 6.45) is 2.62. The average molecular weight is 353 g/mol. The van der Waals surface area contributed by atoms with Gasteiger partial charge in [-0.3, -0.25) is 4.79 Å². The molecule has 0 aliphatic heterocycles. The quantitative estimate of drug-likeness (QED) is 0.623. The van der Waals surface area contributed by atoms with E-state index in [4.69, 9.17) is 4.98 Å². The topological polar surface area (TPSA) is 108 Å². The summed E-state index contributed by atoms with van der Waals surface area (Å²) in [5.41, 5.74) is 5.11. The van der Waals surface area contributed by atoms with E-state index in [-0.39, 0.29) is 5.92 Å². The molecular weight excluding hydrogens is 334 g/mol. The lowest BCUT2D eigenvalue weighted by atomic mass is 9.85. The van der Waals surface area contributed by atoms with Gasteiger partial charge in [0.1, 0.15) is 17.1 Å². The summed E-state index contributed by atoms with van der Waals surface area (Å²) in [7, 11) is 0. The first-order valence-corrected chi connectivity index (χ1v) is 8.42. The molecule has 0 saturated heterocycles. The predicted octanol–water partition coefficient (Wildman–Crippen LogP) is 2.68. The van der Waals surface area contributed by atoms with Gasteiger partial charge in [-0.15, -0.1) is 0 Å². The summed E-state index contributed by atoms with van der Waals surface area (Å²) in [5.74, 6) is -2.06. The highest BCUT2D eigenvalue weighted by atomic mass is 16.4. The third-order valence-electron chi connectivity index (χ3n) is 5.49. The number of H-pyrrole nitrogens is 1. The molecule has 3 aromatic heterocycles. The first kappa shape index (κ1) is 16.4. The standard InChI is InChI=1S/C19H19N3O4/c1-7-5-11-14(20-17-10(4)9(3)8(2)6-22(11)17)15-12(7)16(23)13(19(25)26)18(24)21-15/h6-7H,5H2,1-4H3,(H,25,26)(H2,21,23,24). The average Bonchev–Trinajstić information content (AvgIpc) is 2.91. The van der Waals surface area contributed by atoms with Gasteiger partial charge < -0.3 is 19.6 Å². The summed E-state index contributed by atoms with van der Waals surface area (Å²) >= 11 is 0. The summed E-state index contributed by atoms with van der Waals surface area (Å²) in [6, 6.07) is 0. The highest BCUT2D eigenvalue weighted by Gasteiger charge is 2.33. The van der Waals surface area contributed by atoms with E-state index < -0.39 is 22.8 Å². The first-order valence-electron chi connectivity index (χ1n) is 8.42. The third-order valence-corrected chi connectivity index (χ3v) is 5.49. The van der Waals surface area contributed by atoms with Crippen molar-refractivity contribution in [2.45, 2.75) is 40.0 Å². The van der Waals surface area contributed by atoms with Crippen LogP contribution in [0.25, 0.3) is 17.0 Å². The lowest BCUT2D eigenvalue weighted by Crippen LogP contribution is -2.23. The number of aromatic hydroxyl groups is 1. The first-order chi connectivity index (χ1) is 12.2. The monoisotopic (exact) mass is 353 g/mol. The molecule has 1 aliphatic carbocycles. The number of carbonyl (C=O) groups is 1. The number of aromatic nitrogens is 3. The third kappa shape index (κ3) is 1.97. The van der Waals surface area contributed by atoms with Gasteiger partial charge in [0.05, 0.1) is 11.4 Å². The second kappa shape index (κ2) is 5.20. The highest BCUT2D eigenvalue weighted by Crippen LogP contribution is 2.43. The van der Waals surface area contributed by atoms with E-state index in [1.54, 1.807) is 0 Å². The Kier molecular flexibility index (Phi) is 3.28. The number of aromatic carboxylic acids is 1. The number of rotatable bonds is 1. The molecule has 0 bridgehead atoms. The molecule has 7 heteroatoms. The normalized spacial score (nSPS) is 15.8. The fourth-order valence-electron chi connectivity index (χ4n) is 3.88. The summed E-state index contributed by atoms with van der Waals surface area (Å²) in [5, 5.41) is 19.7. The van der Waals surface area contributed by atoms with Gasteiger partial charge in [0, 0.05) is 11.8 Å².